The normalized spacial score (nSPS) is 11.0. The number of hydrogen-bond donors (Lipinski definition) is 1. The van der Waals surface area contributed by atoms with Crippen LogP contribution in [0.1, 0.15) is 29.8 Å². The zero-order valence-electron chi connectivity index (χ0n) is 15.0. The van der Waals surface area contributed by atoms with Crippen molar-refractivity contribution in [2.24, 2.45) is 0 Å². The summed E-state index contributed by atoms with van der Waals surface area (Å²) >= 11 is 0. The van der Waals surface area contributed by atoms with E-state index >= 15 is 0 Å². The molecule has 134 valence electrons. The van der Waals surface area contributed by atoms with Crippen molar-refractivity contribution >= 4 is 22.6 Å². The van der Waals surface area contributed by atoms with E-state index < -0.39 is 11.5 Å². The predicted octanol–water partition coefficient (Wildman–Crippen LogP) is 3.89. The Morgan fingerprint density at radius 3 is 2.58 bits per heavy atom. The summed E-state index contributed by atoms with van der Waals surface area (Å²) in [6.45, 7) is 6.98. The van der Waals surface area contributed by atoms with E-state index in [1.54, 1.807) is 24.3 Å². The highest BCUT2D eigenvalue weighted by atomic mass is 16.4. The Labute approximate surface area is 152 Å². The summed E-state index contributed by atoms with van der Waals surface area (Å²) in [4.78, 5) is 27.0. The number of hydrogen-bond acceptors (Lipinski definition) is 4. The molecule has 0 saturated carbocycles. The third kappa shape index (κ3) is 4.00. The second-order valence-corrected chi connectivity index (χ2v) is 6.10. The zero-order chi connectivity index (χ0) is 18.5. The van der Waals surface area contributed by atoms with Crippen LogP contribution in [0.4, 0.5) is 5.69 Å². The molecule has 0 saturated heterocycles. The van der Waals surface area contributed by atoms with Gasteiger partial charge in [-0.2, -0.15) is 0 Å². The molecule has 5 nitrogen and oxygen atoms in total. The third-order valence-electron chi connectivity index (χ3n) is 4.37. The lowest BCUT2D eigenvalue weighted by atomic mass is 10.1. The fraction of sp³-hybridized carbons (Fsp3) is 0.238. The highest BCUT2D eigenvalue weighted by Crippen LogP contribution is 2.16. The first-order chi connectivity index (χ1) is 12.6. The zero-order valence-corrected chi connectivity index (χ0v) is 15.0. The van der Waals surface area contributed by atoms with Crippen molar-refractivity contribution in [2.45, 2.75) is 20.4 Å². The van der Waals surface area contributed by atoms with E-state index in [1.165, 1.54) is 0 Å². The second kappa shape index (κ2) is 7.97. The maximum atomic E-state index is 12.5. The number of anilines is 1. The van der Waals surface area contributed by atoms with Crippen LogP contribution in [0.2, 0.25) is 0 Å². The molecule has 0 aliphatic carbocycles. The Kier molecular flexibility index (Phi) is 5.49. The van der Waals surface area contributed by atoms with Crippen LogP contribution in [0, 0.1) is 0 Å². The molecule has 1 heterocycles. The number of carbonyl (C=O) groups is 1. The molecule has 0 bridgehead atoms. The van der Waals surface area contributed by atoms with Crippen molar-refractivity contribution in [3.8, 4) is 0 Å². The molecule has 2 aromatic carbocycles. The molecule has 3 aromatic rings. The molecule has 0 atom stereocenters. The maximum absolute atomic E-state index is 12.5. The molecule has 1 amide bonds. The van der Waals surface area contributed by atoms with Gasteiger partial charge in [0.05, 0.1) is 0 Å². The number of nitrogens with zero attached hydrogens (tertiary/aromatic N) is 1. The van der Waals surface area contributed by atoms with Gasteiger partial charge in [-0.25, -0.2) is 4.79 Å². The van der Waals surface area contributed by atoms with E-state index in [4.69, 9.17) is 4.42 Å². The molecule has 0 aliphatic rings. The molecule has 3 rings (SSSR count). The Morgan fingerprint density at radius 1 is 1.04 bits per heavy atom. The van der Waals surface area contributed by atoms with Crippen molar-refractivity contribution in [1.29, 1.82) is 0 Å². The van der Waals surface area contributed by atoms with Crippen molar-refractivity contribution in [3.63, 3.8) is 0 Å². The van der Waals surface area contributed by atoms with Gasteiger partial charge in [-0.1, -0.05) is 44.2 Å². The van der Waals surface area contributed by atoms with Crippen LogP contribution in [-0.2, 0) is 6.54 Å². The molecule has 0 fully saturated rings. The average molecular weight is 350 g/mol. The summed E-state index contributed by atoms with van der Waals surface area (Å²) in [7, 11) is 0. The van der Waals surface area contributed by atoms with Gasteiger partial charge in [-0.3, -0.25) is 9.69 Å². The van der Waals surface area contributed by atoms with Crippen LogP contribution < -0.4 is 10.9 Å². The van der Waals surface area contributed by atoms with E-state index in [0.717, 1.165) is 25.2 Å². The number of nitrogens with one attached hydrogen (secondary N) is 1. The summed E-state index contributed by atoms with van der Waals surface area (Å²) in [5.41, 5.74) is 1.60. The van der Waals surface area contributed by atoms with Crippen LogP contribution in [0.3, 0.4) is 0 Å². The number of fused-ring (bicyclic) bond motifs is 1. The van der Waals surface area contributed by atoms with E-state index in [9.17, 15) is 9.59 Å². The molecule has 1 N–H and O–H groups in total. The largest absolute Gasteiger partial charge is 0.422 e. The van der Waals surface area contributed by atoms with Crippen molar-refractivity contribution in [1.82, 2.24) is 4.90 Å². The van der Waals surface area contributed by atoms with Gasteiger partial charge >= 0.3 is 5.63 Å². The minimum atomic E-state index is -0.638. The first-order valence-corrected chi connectivity index (χ1v) is 8.76. The molecule has 0 unspecified atom stereocenters. The van der Waals surface area contributed by atoms with Crippen LogP contribution in [0.5, 0.6) is 0 Å². The molecule has 0 aliphatic heterocycles. The number of carbonyl (C=O) groups excluding carboxylic acids is 1. The Balaban J connectivity index is 1.82. The Morgan fingerprint density at radius 2 is 1.81 bits per heavy atom. The fourth-order valence-corrected chi connectivity index (χ4v) is 2.87. The molecule has 1 aromatic heterocycles. The number of amides is 1. The molecule has 26 heavy (non-hydrogen) atoms. The van der Waals surface area contributed by atoms with Crippen LogP contribution in [-0.4, -0.2) is 23.9 Å². The molecular formula is C21H22N2O3. The minimum absolute atomic E-state index is 0.00199. The number of para-hydroxylation sites is 1. The van der Waals surface area contributed by atoms with Crippen molar-refractivity contribution in [3.05, 3.63) is 76.1 Å². The number of benzene rings is 2. The summed E-state index contributed by atoms with van der Waals surface area (Å²) in [6, 6.07) is 16.4. The monoisotopic (exact) mass is 350 g/mol. The van der Waals surface area contributed by atoms with Crippen molar-refractivity contribution < 1.29 is 9.21 Å². The van der Waals surface area contributed by atoms with Gasteiger partial charge in [0, 0.05) is 17.6 Å². The van der Waals surface area contributed by atoms with E-state index in [1.807, 2.05) is 30.3 Å². The highest BCUT2D eigenvalue weighted by Gasteiger charge is 2.14. The SMILES string of the molecule is CCN(CC)Cc1cccc(NC(=O)c2cc3ccccc3oc2=O)c1. The van der Waals surface area contributed by atoms with Crippen molar-refractivity contribution in [2.75, 3.05) is 18.4 Å². The van der Waals surface area contributed by atoms with E-state index in [-0.39, 0.29) is 5.56 Å². The smallest absolute Gasteiger partial charge is 0.349 e. The molecule has 0 radical (unpaired) electrons. The lowest BCUT2D eigenvalue weighted by molar-refractivity contribution is 0.102. The van der Waals surface area contributed by atoms with Gasteiger partial charge < -0.3 is 9.73 Å². The van der Waals surface area contributed by atoms with Gasteiger partial charge in [0.2, 0.25) is 0 Å². The molecule has 5 heteroatoms. The van der Waals surface area contributed by atoms with Gasteiger partial charge in [0.15, 0.2) is 0 Å². The topological polar surface area (TPSA) is 62.6 Å². The predicted molar refractivity (Wildman–Crippen MR) is 104 cm³/mol. The Bertz CT molecular complexity index is 974. The van der Waals surface area contributed by atoms with Gasteiger partial charge in [-0.15, -0.1) is 0 Å². The lowest BCUT2D eigenvalue weighted by Crippen LogP contribution is -2.22. The standard InChI is InChI=1S/C21H22N2O3/c1-3-23(4-2)14-15-8-7-10-17(12-15)22-20(24)18-13-16-9-5-6-11-19(16)26-21(18)25/h5-13H,3-4,14H2,1-2H3,(H,22,24). The lowest BCUT2D eigenvalue weighted by Gasteiger charge is -2.18. The van der Waals surface area contributed by atoms with Gasteiger partial charge in [0.25, 0.3) is 5.91 Å². The quantitative estimate of drug-likeness (QED) is 0.685. The molecular weight excluding hydrogens is 328 g/mol. The summed E-state index contributed by atoms with van der Waals surface area (Å²) in [5.74, 6) is -0.468. The Hall–Kier alpha value is -2.92. The van der Waals surface area contributed by atoms with Crippen LogP contribution >= 0.6 is 0 Å². The fourth-order valence-electron chi connectivity index (χ4n) is 2.87. The maximum Gasteiger partial charge on any atom is 0.349 e. The van der Waals surface area contributed by atoms with Gasteiger partial charge in [0.1, 0.15) is 11.1 Å². The third-order valence-corrected chi connectivity index (χ3v) is 4.37. The van der Waals surface area contributed by atoms with Crippen LogP contribution in [0.15, 0.2) is 63.8 Å². The van der Waals surface area contributed by atoms with E-state index in [2.05, 4.69) is 24.1 Å². The highest BCUT2D eigenvalue weighted by molar-refractivity contribution is 6.05. The number of rotatable bonds is 6. The van der Waals surface area contributed by atoms with E-state index in [0.29, 0.717) is 16.7 Å². The minimum Gasteiger partial charge on any atom is -0.422 e. The first-order valence-electron chi connectivity index (χ1n) is 8.76. The van der Waals surface area contributed by atoms with Crippen LogP contribution in [0.25, 0.3) is 11.0 Å². The summed E-state index contributed by atoms with van der Waals surface area (Å²) in [5, 5.41) is 3.51. The molecule has 0 spiro atoms. The summed E-state index contributed by atoms with van der Waals surface area (Å²) in [6.07, 6.45) is 0. The summed E-state index contributed by atoms with van der Waals surface area (Å²) < 4.78 is 5.23. The average Bonchev–Trinajstić information content (AvgIpc) is 2.65. The van der Waals surface area contributed by atoms with Gasteiger partial charge in [-0.05, 0) is 42.9 Å². The second-order valence-electron chi connectivity index (χ2n) is 6.10. The first kappa shape index (κ1) is 17.9.